The van der Waals surface area contributed by atoms with Gasteiger partial charge in [-0.3, -0.25) is 4.79 Å². The molecular formula is C22H21NO5. The number of ether oxygens (including phenoxy) is 2. The van der Waals surface area contributed by atoms with Crippen molar-refractivity contribution in [2.75, 3.05) is 18.5 Å². The Hall–Kier alpha value is -3.54. The summed E-state index contributed by atoms with van der Waals surface area (Å²) in [6, 6.07) is 15.8. The van der Waals surface area contributed by atoms with Gasteiger partial charge in [-0.2, -0.15) is 0 Å². The second kappa shape index (κ2) is 8.90. The molecule has 2 aromatic carbocycles. The van der Waals surface area contributed by atoms with Gasteiger partial charge in [-0.25, -0.2) is 4.79 Å². The normalized spacial score (nSPS) is 10.4. The average molecular weight is 379 g/mol. The monoisotopic (exact) mass is 379 g/mol. The lowest BCUT2D eigenvalue weighted by Crippen LogP contribution is -2.14. The maximum absolute atomic E-state index is 12.3. The topological polar surface area (TPSA) is 77.8 Å². The van der Waals surface area contributed by atoms with E-state index in [2.05, 4.69) is 5.32 Å². The van der Waals surface area contributed by atoms with Crippen molar-refractivity contribution in [1.29, 1.82) is 0 Å². The van der Waals surface area contributed by atoms with Crippen LogP contribution in [-0.2, 0) is 4.74 Å². The van der Waals surface area contributed by atoms with E-state index in [9.17, 15) is 9.59 Å². The molecule has 3 aromatic rings. The number of anilines is 1. The van der Waals surface area contributed by atoms with E-state index in [0.717, 1.165) is 16.9 Å². The maximum Gasteiger partial charge on any atom is 0.338 e. The first-order valence-electron chi connectivity index (χ1n) is 8.85. The molecule has 1 N–H and O–H groups in total. The van der Waals surface area contributed by atoms with Gasteiger partial charge in [0.1, 0.15) is 19.0 Å². The van der Waals surface area contributed by atoms with Crippen molar-refractivity contribution in [2.45, 2.75) is 13.8 Å². The quantitative estimate of drug-likeness (QED) is 0.487. The Morgan fingerprint density at radius 3 is 2.50 bits per heavy atom. The molecular weight excluding hydrogens is 358 g/mol. The molecule has 0 spiro atoms. The van der Waals surface area contributed by atoms with Gasteiger partial charge in [0.15, 0.2) is 5.76 Å². The number of aryl methyl sites for hydroxylation is 2. The van der Waals surface area contributed by atoms with Crippen LogP contribution in [0.1, 0.15) is 32.0 Å². The highest BCUT2D eigenvalue weighted by Gasteiger charge is 2.13. The van der Waals surface area contributed by atoms with Crippen molar-refractivity contribution in [2.24, 2.45) is 0 Å². The molecule has 0 aliphatic heterocycles. The second-order valence-electron chi connectivity index (χ2n) is 6.26. The van der Waals surface area contributed by atoms with E-state index in [4.69, 9.17) is 13.9 Å². The number of furan rings is 1. The van der Waals surface area contributed by atoms with Gasteiger partial charge in [-0.1, -0.05) is 23.8 Å². The highest BCUT2D eigenvalue weighted by Crippen LogP contribution is 2.19. The minimum absolute atomic E-state index is 0.120. The number of benzene rings is 2. The van der Waals surface area contributed by atoms with Gasteiger partial charge in [0.2, 0.25) is 0 Å². The van der Waals surface area contributed by atoms with Crippen LogP contribution >= 0.6 is 0 Å². The lowest BCUT2D eigenvalue weighted by atomic mass is 10.1. The molecule has 0 fully saturated rings. The summed E-state index contributed by atoms with van der Waals surface area (Å²) in [7, 11) is 0. The zero-order valence-electron chi connectivity index (χ0n) is 15.7. The van der Waals surface area contributed by atoms with E-state index in [1.807, 2.05) is 38.1 Å². The second-order valence-corrected chi connectivity index (χ2v) is 6.26. The van der Waals surface area contributed by atoms with Gasteiger partial charge in [-0.05, 0) is 55.8 Å². The standard InChI is InChI=1S/C22H21NO5/c1-15-5-9-18(10-6-15)26-12-13-28-22(25)17-8-7-16(2)19(14-17)23-21(24)20-4-3-11-27-20/h3-11,14H,12-13H2,1-2H3,(H,23,24). The number of rotatable bonds is 7. The van der Waals surface area contributed by atoms with Gasteiger partial charge < -0.3 is 19.2 Å². The fraction of sp³-hybridized carbons (Fsp3) is 0.182. The van der Waals surface area contributed by atoms with E-state index in [-0.39, 0.29) is 24.9 Å². The van der Waals surface area contributed by atoms with Gasteiger partial charge in [0.05, 0.1) is 11.8 Å². The molecule has 0 saturated carbocycles. The largest absolute Gasteiger partial charge is 0.490 e. The van der Waals surface area contributed by atoms with Crippen LogP contribution in [0.5, 0.6) is 5.75 Å². The molecule has 0 unspecified atom stereocenters. The van der Waals surface area contributed by atoms with E-state index in [1.54, 1.807) is 30.3 Å². The predicted octanol–water partition coefficient (Wildman–Crippen LogP) is 4.38. The van der Waals surface area contributed by atoms with Crippen molar-refractivity contribution >= 4 is 17.6 Å². The van der Waals surface area contributed by atoms with E-state index in [1.165, 1.54) is 6.26 Å². The molecule has 0 aliphatic rings. The summed E-state index contributed by atoms with van der Waals surface area (Å²) in [5.41, 5.74) is 2.83. The summed E-state index contributed by atoms with van der Waals surface area (Å²) >= 11 is 0. The molecule has 0 aliphatic carbocycles. The van der Waals surface area contributed by atoms with Crippen LogP contribution in [0.4, 0.5) is 5.69 Å². The van der Waals surface area contributed by atoms with Gasteiger partial charge in [-0.15, -0.1) is 0 Å². The lowest BCUT2D eigenvalue weighted by molar-refractivity contribution is 0.0450. The van der Waals surface area contributed by atoms with Crippen LogP contribution in [0, 0.1) is 13.8 Å². The van der Waals surface area contributed by atoms with E-state index in [0.29, 0.717) is 11.3 Å². The Morgan fingerprint density at radius 1 is 1.00 bits per heavy atom. The van der Waals surface area contributed by atoms with E-state index < -0.39 is 5.97 Å². The molecule has 3 rings (SSSR count). The molecule has 1 aromatic heterocycles. The maximum atomic E-state index is 12.3. The molecule has 6 heteroatoms. The molecule has 1 amide bonds. The number of nitrogens with one attached hydrogen (secondary N) is 1. The van der Waals surface area contributed by atoms with Crippen LogP contribution in [-0.4, -0.2) is 25.1 Å². The Balaban J connectivity index is 1.54. The Bertz CT molecular complexity index is 946. The molecule has 0 radical (unpaired) electrons. The average Bonchev–Trinajstić information content (AvgIpc) is 3.23. The third-order valence-electron chi connectivity index (χ3n) is 4.07. The van der Waals surface area contributed by atoms with Crippen LogP contribution in [0.2, 0.25) is 0 Å². The summed E-state index contributed by atoms with van der Waals surface area (Å²) in [6.07, 6.45) is 1.42. The number of amides is 1. The van der Waals surface area contributed by atoms with Crippen molar-refractivity contribution in [3.8, 4) is 5.75 Å². The summed E-state index contributed by atoms with van der Waals surface area (Å²) in [5.74, 6) is 0.0478. The van der Waals surface area contributed by atoms with Crippen LogP contribution < -0.4 is 10.1 Å². The summed E-state index contributed by atoms with van der Waals surface area (Å²) in [5, 5.41) is 2.74. The first kappa shape index (κ1) is 19.2. The third kappa shape index (κ3) is 5.01. The zero-order chi connectivity index (χ0) is 19.9. The first-order chi connectivity index (χ1) is 13.5. The SMILES string of the molecule is Cc1ccc(OCCOC(=O)c2ccc(C)c(NC(=O)c3ccco3)c2)cc1. The van der Waals surface area contributed by atoms with Crippen LogP contribution in [0.25, 0.3) is 0 Å². The Labute approximate surface area is 163 Å². The van der Waals surface area contributed by atoms with E-state index >= 15 is 0 Å². The number of hydrogen-bond acceptors (Lipinski definition) is 5. The number of hydrogen-bond donors (Lipinski definition) is 1. The molecule has 144 valence electrons. The summed E-state index contributed by atoms with van der Waals surface area (Å²) in [6.45, 7) is 4.21. The fourth-order valence-electron chi connectivity index (χ4n) is 2.49. The molecule has 0 atom stereocenters. The number of carbonyl (C=O) groups is 2. The highest BCUT2D eigenvalue weighted by molar-refractivity contribution is 6.03. The Kier molecular flexibility index (Phi) is 6.11. The van der Waals surface area contributed by atoms with Gasteiger partial charge in [0, 0.05) is 5.69 Å². The minimum Gasteiger partial charge on any atom is -0.490 e. The van der Waals surface area contributed by atoms with Gasteiger partial charge in [0.25, 0.3) is 5.91 Å². The third-order valence-corrected chi connectivity index (χ3v) is 4.07. The fourth-order valence-corrected chi connectivity index (χ4v) is 2.49. The van der Waals surface area contributed by atoms with Crippen LogP contribution in [0.3, 0.4) is 0 Å². The molecule has 0 bridgehead atoms. The van der Waals surface area contributed by atoms with Crippen molar-refractivity contribution in [3.05, 3.63) is 83.3 Å². The molecule has 28 heavy (non-hydrogen) atoms. The van der Waals surface area contributed by atoms with Crippen molar-refractivity contribution < 1.29 is 23.5 Å². The predicted molar refractivity (Wildman–Crippen MR) is 105 cm³/mol. The first-order valence-corrected chi connectivity index (χ1v) is 8.85. The smallest absolute Gasteiger partial charge is 0.338 e. The van der Waals surface area contributed by atoms with Crippen molar-refractivity contribution in [3.63, 3.8) is 0 Å². The highest BCUT2D eigenvalue weighted by atomic mass is 16.6. The van der Waals surface area contributed by atoms with Crippen molar-refractivity contribution in [1.82, 2.24) is 0 Å². The zero-order valence-corrected chi connectivity index (χ0v) is 15.7. The van der Waals surface area contributed by atoms with Gasteiger partial charge >= 0.3 is 5.97 Å². The number of carbonyl (C=O) groups excluding carboxylic acids is 2. The molecule has 1 heterocycles. The lowest BCUT2D eigenvalue weighted by Gasteiger charge is -2.10. The summed E-state index contributed by atoms with van der Waals surface area (Å²) < 4.78 is 15.9. The Morgan fingerprint density at radius 2 is 1.79 bits per heavy atom. The summed E-state index contributed by atoms with van der Waals surface area (Å²) in [4.78, 5) is 24.4. The molecule has 6 nitrogen and oxygen atoms in total. The minimum atomic E-state index is -0.485. The number of esters is 1. The molecule has 0 saturated heterocycles. The van der Waals surface area contributed by atoms with Crippen LogP contribution in [0.15, 0.2) is 65.3 Å².